The minimum atomic E-state index is -2.89. The summed E-state index contributed by atoms with van der Waals surface area (Å²) < 4.78 is 29.7. The third-order valence-corrected chi connectivity index (χ3v) is 5.68. The molecule has 0 unspecified atom stereocenters. The van der Waals surface area contributed by atoms with Crippen molar-refractivity contribution in [2.75, 3.05) is 31.6 Å². The number of rotatable bonds is 8. The van der Waals surface area contributed by atoms with E-state index < -0.39 is 6.61 Å². The van der Waals surface area contributed by atoms with Crippen LogP contribution in [-0.4, -0.2) is 44.2 Å². The standard InChI is InChI=1S/C19H24ClF2N5OS.HI/c1-23-18(25-11-13-10-14(20)4-5-16(13)28-17(21)22)24-7-6-15-12-29-19(26-15)27-8-2-3-9-27;/h4-5,10,12,17H,2-3,6-9,11H2,1H3,(H2,23,24,25);1H. The molecule has 0 saturated carbocycles. The lowest BCUT2D eigenvalue weighted by atomic mass is 10.2. The normalized spacial score (nSPS) is 14.0. The van der Waals surface area contributed by atoms with Gasteiger partial charge in [-0.15, -0.1) is 35.3 Å². The average Bonchev–Trinajstić information content (AvgIpc) is 3.37. The van der Waals surface area contributed by atoms with Crippen molar-refractivity contribution in [1.82, 2.24) is 15.6 Å². The molecule has 3 rings (SSSR count). The van der Waals surface area contributed by atoms with Crippen LogP contribution in [0.5, 0.6) is 5.75 Å². The number of guanidine groups is 1. The van der Waals surface area contributed by atoms with Crippen molar-refractivity contribution in [3.63, 3.8) is 0 Å². The molecule has 2 aromatic rings. The van der Waals surface area contributed by atoms with Gasteiger partial charge in [-0.25, -0.2) is 4.98 Å². The van der Waals surface area contributed by atoms with Gasteiger partial charge in [0.25, 0.3) is 0 Å². The third-order valence-electron chi connectivity index (χ3n) is 4.50. The minimum Gasteiger partial charge on any atom is -0.434 e. The van der Waals surface area contributed by atoms with Crippen LogP contribution in [0.4, 0.5) is 13.9 Å². The first kappa shape index (κ1) is 24.9. The van der Waals surface area contributed by atoms with Crippen LogP contribution < -0.4 is 20.3 Å². The minimum absolute atomic E-state index is 0. The fourth-order valence-corrected chi connectivity index (χ4v) is 4.18. The molecule has 11 heteroatoms. The van der Waals surface area contributed by atoms with Crippen molar-refractivity contribution in [3.8, 4) is 5.75 Å². The van der Waals surface area contributed by atoms with Crippen molar-refractivity contribution in [3.05, 3.63) is 39.9 Å². The van der Waals surface area contributed by atoms with Gasteiger partial charge in [0.15, 0.2) is 11.1 Å². The molecule has 1 aromatic carbocycles. The van der Waals surface area contributed by atoms with Crippen LogP contribution in [0.3, 0.4) is 0 Å². The summed E-state index contributed by atoms with van der Waals surface area (Å²) in [4.78, 5) is 11.2. The number of halogens is 4. The summed E-state index contributed by atoms with van der Waals surface area (Å²) in [6.45, 7) is 0.179. The van der Waals surface area contributed by atoms with Crippen molar-refractivity contribution in [2.24, 2.45) is 4.99 Å². The maximum atomic E-state index is 12.6. The number of hydrogen-bond acceptors (Lipinski definition) is 5. The zero-order valence-electron chi connectivity index (χ0n) is 16.5. The Bertz CT molecular complexity index is 833. The fraction of sp³-hybridized carbons (Fsp3) is 0.474. The van der Waals surface area contributed by atoms with E-state index in [1.807, 2.05) is 0 Å². The quantitative estimate of drug-likeness (QED) is 0.277. The Morgan fingerprint density at radius 3 is 2.80 bits per heavy atom. The SMILES string of the molecule is CN=C(NCCc1csc(N2CCCC2)n1)NCc1cc(Cl)ccc1OC(F)F.I. The average molecular weight is 572 g/mol. The highest BCUT2D eigenvalue weighted by Gasteiger charge is 2.15. The molecule has 1 saturated heterocycles. The molecule has 2 heterocycles. The first-order valence-corrected chi connectivity index (χ1v) is 10.7. The van der Waals surface area contributed by atoms with Gasteiger partial charge in [0.05, 0.1) is 5.69 Å². The van der Waals surface area contributed by atoms with Crippen LogP contribution >= 0.6 is 46.9 Å². The van der Waals surface area contributed by atoms with Gasteiger partial charge >= 0.3 is 6.61 Å². The van der Waals surface area contributed by atoms with Crippen LogP contribution in [0.2, 0.25) is 5.02 Å². The van der Waals surface area contributed by atoms with Gasteiger partial charge in [0.1, 0.15) is 5.75 Å². The topological polar surface area (TPSA) is 61.8 Å². The molecule has 2 N–H and O–H groups in total. The van der Waals surface area contributed by atoms with Crippen molar-refractivity contribution in [1.29, 1.82) is 0 Å². The number of hydrogen-bond donors (Lipinski definition) is 2. The first-order chi connectivity index (χ1) is 14.0. The summed E-state index contributed by atoms with van der Waals surface area (Å²) in [5.74, 6) is 0.646. The van der Waals surface area contributed by atoms with E-state index in [1.165, 1.54) is 25.0 Å². The molecule has 30 heavy (non-hydrogen) atoms. The molecule has 0 spiro atoms. The summed E-state index contributed by atoms with van der Waals surface area (Å²) in [5.41, 5.74) is 1.57. The Kier molecular flexibility index (Phi) is 10.3. The summed E-state index contributed by atoms with van der Waals surface area (Å²) in [6.07, 6.45) is 3.23. The lowest BCUT2D eigenvalue weighted by Gasteiger charge is -2.15. The molecule has 0 amide bonds. The maximum absolute atomic E-state index is 12.6. The second kappa shape index (κ2) is 12.5. The van der Waals surface area contributed by atoms with E-state index in [9.17, 15) is 8.78 Å². The van der Waals surface area contributed by atoms with Gasteiger partial charge in [0, 0.05) is 55.6 Å². The molecule has 1 aliphatic rings. The number of benzene rings is 1. The molecular formula is C19H25ClF2IN5OS. The molecular weight excluding hydrogens is 547 g/mol. The number of anilines is 1. The predicted octanol–water partition coefficient (Wildman–Crippen LogP) is 4.52. The maximum Gasteiger partial charge on any atom is 0.387 e. The molecule has 0 atom stereocenters. The Morgan fingerprint density at radius 1 is 1.33 bits per heavy atom. The number of alkyl halides is 2. The zero-order chi connectivity index (χ0) is 20.6. The number of aromatic nitrogens is 1. The molecule has 1 aromatic heterocycles. The Labute approximate surface area is 201 Å². The number of aliphatic imine (C=N–C) groups is 1. The summed E-state index contributed by atoms with van der Waals surface area (Å²) in [5, 5.41) is 9.93. The number of ether oxygens (including phenoxy) is 1. The van der Waals surface area contributed by atoms with Gasteiger partial charge < -0.3 is 20.3 Å². The lowest BCUT2D eigenvalue weighted by molar-refractivity contribution is -0.0504. The van der Waals surface area contributed by atoms with E-state index in [1.54, 1.807) is 24.5 Å². The highest BCUT2D eigenvalue weighted by atomic mass is 127. The second-order valence-electron chi connectivity index (χ2n) is 6.55. The monoisotopic (exact) mass is 571 g/mol. The molecule has 0 aliphatic carbocycles. The van der Waals surface area contributed by atoms with E-state index >= 15 is 0 Å². The van der Waals surface area contributed by atoms with E-state index in [-0.39, 0.29) is 36.3 Å². The number of nitrogens with one attached hydrogen (secondary N) is 2. The molecule has 1 aliphatic heterocycles. The number of nitrogens with zero attached hydrogens (tertiary/aromatic N) is 3. The van der Waals surface area contributed by atoms with Gasteiger partial charge in [-0.1, -0.05) is 11.6 Å². The molecule has 6 nitrogen and oxygen atoms in total. The first-order valence-electron chi connectivity index (χ1n) is 9.42. The summed E-state index contributed by atoms with van der Waals surface area (Å²) in [6, 6.07) is 4.54. The summed E-state index contributed by atoms with van der Waals surface area (Å²) >= 11 is 7.66. The third kappa shape index (κ3) is 7.38. The van der Waals surface area contributed by atoms with Gasteiger partial charge in [-0.2, -0.15) is 8.78 Å². The van der Waals surface area contributed by atoms with Gasteiger partial charge in [-0.05, 0) is 31.0 Å². The predicted molar refractivity (Wildman–Crippen MR) is 129 cm³/mol. The highest BCUT2D eigenvalue weighted by Crippen LogP contribution is 2.25. The molecule has 0 bridgehead atoms. The lowest BCUT2D eigenvalue weighted by Crippen LogP contribution is -2.38. The smallest absolute Gasteiger partial charge is 0.387 e. The van der Waals surface area contributed by atoms with E-state index in [0.29, 0.717) is 23.1 Å². The van der Waals surface area contributed by atoms with Gasteiger partial charge in [0.2, 0.25) is 0 Å². The summed E-state index contributed by atoms with van der Waals surface area (Å²) in [7, 11) is 1.65. The molecule has 0 radical (unpaired) electrons. The van der Waals surface area contributed by atoms with Crippen molar-refractivity contribution >= 4 is 58.0 Å². The van der Waals surface area contributed by atoms with Gasteiger partial charge in [-0.3, -0.25) is 4.99 Å². The Balaban J connectivity index is 0.00000320. The highest BCUT2D eigenvalue weighted by molar-refractivity contribution is 14.0. The fourth-order valence-electron chi connectivity index (χ4n) is 3.07. The van der Waals surface area contributed by atoms with Crippen LogP contribution in [0, 0.1) is 0 Å². The largest absolute Gasteiger partial charge is 0.434 e. The van der Waals surface area contributed by atoms with E-state index in [2.05, 4.69) is 30.6 Å². The van der Waals surface area contributed by atoms with Crippen LogP contribution in [-0.2, 0) is 13.0 Å². The number of thiazole rings is 1. The Morgan fingerprint density at radius 2 is 2.10 bits per heavy atom. The van der Waals surface area contributed by atoms with Crippen molar-refractivity contribution < 1.29 is 13.5 Å². The van der Waals surface area contributed by atoms with E-state index in [0.717, 1.165) is 30.3 Å². The van der Waals surface area contributed by atoms with E-state index in [4.69, 9.17) is 16.6 Å². The van der Waals surface area contributed by atoms with Crippen LogP contribution in [0.25, 0.3) is 0 Å². The molecule has 1 fully saturated rings. The zero-order valence-corrected chi connectivity index (χ0v) is 20.4. The van der Waals surface area contributed by atoms with Crippen LogP contribution in [0.15, 0.2) is 28.6 Å². The molecule has 166 valence electrons. The van der Waals surface area contributed by atoms with Crippen molar-refractivity contribution in [2.45, 2.75) is 32.4 Å². The second-order valence-corrected chi connectivity index (χ2v) is 7.82. The van der Waals surface area contributed by atoms with Crippen LogP contribution in [0.1, 0.15) is 24.1 Å². The Hall–Kier alpha value is -1.40.